The average Bonchev–Trinajstić information content (AvgIpc) is 3.65. The summed E-state index contributed by atoms with van der Waals surface area (Å²) in [6, 6.07) is 28.1. The zero-order valence-corrected chi connectivity index (χ0v) is 26.3. The number of ketones is 1. The van der Waals surface area contributed by atoms with Gasteiger partial charge >= 0.3 is 5.91 Å². The summed E-state index contributed by atoms with van der Waals surface area (Å²) in [5.74, 6) is -0.0900. The number of benzene rings is 4. The van der Waals surface area contributed by atoms with Crippen molar-refractivity contribution >= 4 is 45.7 Å². The van der Waals surface area contributed by atoms with Gasteiger partial charge in [-0.25, -0.2) is 4.39 Å². The average molecular weight is 654 g/mol. The van der Waals surface area contributed by atoms with Gasteiger partial charge in [0, 0.05) is 11.3 Å². The molecule has 1 aliphatic heterocycles. The van der Waals surface area contributed by atoms with Gasteiger partial charge in [0.05, 0.1) is 18.2 Å². The van der Waals surface area contributed by atoms with Crippen LogP contribution in [0.2, 0.25) is 0 Å². The molecular formula is C35H28FN3O5S2. The summed E-state index contributed by atoms with van der Waals surface area (Å²) in [6.45, 7) is 2.55. The van der Waals surface area contributed by atoms with E-state index in [4.69, 9.17) is 9.47 Å². The molecule has 232 valence electrons. The molecule has 11 heteroatoms. The molecule has 1 N–H and O–H groups in total. The summed E-state index contributed by atoms with van der Waals surface area (Å²) in [6.07, 6.45) is 0.844. The summed E-state index contributed by atoms with van der Waals surface area (Å²) in [5, 5.41) is 20.3. The van der Waals surface area contributed by atoms with Gasteiger partial charge in [-0.3, -0.25) is 14.5 Å². The van der Waals surface area contributed by atoms with E-state index in [0.29, 0.717) is 45.1 Å². The molecule has 2 heterocycles. The minimum atomic E-state index is -1.02. The summed E-state index contributed by atoms with van der Waals surface area (Å²) < 4.78 is 25.6. The van der Waals surface area contributed by atoms with Crippen LogP contribution in [-0.2, 0) is 15.3 Å². The van der Waals surface area contributed by atoms with Gasteiger partial charge in [0.1, 0.15) is 28.8 Å². The lowest BCUT2D eigenvalue weighted by molar-refractivity contribution is -0.132. The van der Waals surface area contributed by atoms with Crippen molar-refractivity contribution in [3.05, 3.63) is 131 Å². The first kappa shape index (κ1) is 31.0. The third-order valence-electron chi connectivity index (χ3n) is 7.08. The molecule has 6 rings (SSSR count). The molecule has 1 amide bonds. The number of anilines is 1. The molecule has 5 aromatic rings. The van der Waals surface area contributed by atoms with E-state index in [1.807, 2.05) is 37.3 Å². The molecule has 0 saturated carbocycles. The van der Waals surface area contributed by atoms with Crippen molar-refractivity contribution in [1.82, 2.24) is 10.2 Å². The van der Waals surface area contributed by atoms with E-state index >= 15 is 0 Å². The molecule has 0 bridgehead atoms. The number of thioether (sulfide) groups is 1. The summed E-state index contributed by atoms with van der Waals surface area (Å²) in [5.41, 5.74) is 1.70. The number of ether oxygens (including phenoxy) is 2. The molecule has 4 aromatic carbocycles. The van der Waals surface area contributed by atoms with Crippen molar-refractivity contribution in [3.63, 3.8) is 0 Å². The van der Waals surface area contributed by atoms with Crippen LogP contribution in [0.5, 0.6) is 17.2 Å². The molecule has 1 fully saturated rings. The van der Waals surface area contributed by atoms with Gasteiger partial charge < -0.3 is 14.6 Å². The van der Waals surface area contributed by atoms with Crippen LogP contribution in [0, 0.1) is 5.82 Å². The van der Waals surface area contributed by atoms with Crippen molar-refractivity contribution in [3.8, 4) is 17.2 Å². The number of amides is 1. The van der Waals surface area contributed by atoms with E-state index in [-0.39, 0.29) is 22.3 Å². The number of hydrogen-bond acceptors (Lipinski definition) is 9. The van der Waals surface area contributed by atoms with Gasteiger partial charge in [0.15, 0.2) is 4.34 Å². The van der Waals surface area contributed by atoms with Gasteiger partial charge in [0.2, 0.25) is 5.13 Å². The summed E-state index contributed by atoms with van der Waals surface area (Å²) >= 11 is 2.53. The molecule has 1 unspecified atom stereocenters. The molecule has 46 heavy (non-hydrogen) atoms. The summed E-state index contributed by atoms with van der Waals surface area (Å²) in [7, 11) is 0. The van der Waals surface area contributed by atoms with Crippen molar-refractivity contribution in [1.29, 1.82) is 0 Å². The van der Waals surface area contributed by atoms with E-state index in [1.165, 1.54) is 28.8 Å². The number of rotatable bonds is 11. The highest BCUT2D eigenvalue weighted by atomic mass is 32.2. The number of carbonyl (C=O) groups is 2. The first-order valence-electron chi connectivity index (χ1n) is 14.5. The Hall–Kier alpha value is -5.00. The minimum Gasteiger partial charge on any atom is -0.507 e. The predicted octanol–water partition coefficient (Wildman–Crippen LogP) is 8.18. The predicted molar refractivity (Wildman–Crippen MR) is 176 cm³/mol. The number of carbonyl (C=O) groups excluding carboxylic acids is 2. The van der Waals surface area contributed by atoms with Gasteiger partial charge in [-0.2, -0.15) is 0 Å². The highest BCUT2D eigenvalue weighted by Gasteiger charge is 2.48. The first-order valence-corrected chi connectivity index (χ1v) is 16.3. The summed E-state index contributed by atoms with van der Waals surface area (Å²) in [4.78, 5) is 28.6. The second kappa shape index (κ2) is 14.0. The Labute approximate surface area is 273 Å². The molecule has 1 aromatic heterocycles. The Kier molecular flexibility index (Phi) is 9.41. The van der Waals surface area contributed by atoms with Crippen LogP contribution in [0.4, 0.5) is 9.52 Å². The Morgan fingerprint density at radius 3 is 2.39 bits per heavy atom. The smallest absolute Gasteiger partial charge is 0.301 e. The number of aromatic nitrogens is 2. The van der Waals surface area contributed by atoms with Crippen LogP contribution in [0.3, 0.4) is 0 Å². The Bertz CT molecular complexity index is 1880. The number of aliphatic hydroxyl groups is 1. The highest BCUT2D eigenvalue weighted by molar-refractivity contribution is 8.00. The molecule has 8 nitrogen and oxygen atoms in total. The molecule has 0 spiro atoms. The number of aliphatic hydroxyl groups excluding tert-OH is 1. The fourth-order valence-corrected chi connectivity index (χ4v) is 6.71. The zero-order chi connectivity index (χ0) is 32.0. The van der Waals surface area contributed by atoms with Crippen molar-refractivity contribution in [2.24, 2.45) is 0 Å². The fourth-order valence-electron chi connectivity index (χ4n) is 4.89. The lowest BCUT2D eigenvalue weighted by Gasteiger charge is -2.23. The normalized spacial score (nSPS) is 15.7. The third-order valence-corrected chi connectivity index (χ3v) is 9.20. The van der Waals surface area contributed by atoms with Crippen molar-refractivity contribution in [2.75, 3.05) is 11.5 Å². The van der Waals surface area contributed by atoms with Gasteiger partial charge in [0.25, 0.3) is 5.78 Å². The minimum absolute atomic E-state index is 0.0835. The van der Waals surface area contributed by atoms with Gasteiger partial charge in [-0.1, -0.05) is 72.5 Å². The highest BCUT2D eigenvalue weighted by Crippen LogP contribution is 2.45. The van der Waals surface area contributed by atoms with Crippen LogP contribution >= 0.6 is 23.1 Å². The maximum atomic E-state index is 13.7. The fraction of sp³-hybridized carbons (Fsp3) is 0.143. The van der Waals surface area contributed by atoms with E-state index in [0.717, 1.165) is 23.3 Å². The Morgan fingerprint density at radius 2 is 1.65 bits per heavy atom. The topological polar surface area (TPSA) is 102 Å². The third kappa shape index (κ3) is 6.80. The molecular weight excluding hydrogens is 626 g/mol. The molecule has 0 radical (unpaired) electrons. The lowest BCUT2D eigenvalue weighted by Crippen LogP contribution is -2.29. The van der Waals surface area contributed by atoms with E-state index in [9.17, 15) is 19.1 Å². The second-order valence-electron chi connectivity index (χ2n) is 10.3. The first-order chi connectivity index (χ1) is 22.4. The van der Waals surface area contributed by atoms with Gasteiger partial charge in [-0.05, 0) is 78.2 Å². The standard InChI is InChI=1S/C35H28FN3O5S2/c1-2-19-43-26-17-13-23(14-18-26)31(40)29-30(24-7-6-10-28(20-24)44-27-8-4-3-5-9-27)39(33(42)32(29)41)34-37-38-35(46-34)45-21-22-11-15-25(36)16-12-22/h3-18,20,30,40H,2,19,21H2,1H3/b31-29-. The second-order valence-corrected chi connectivity index (χ2v) is 12.5. The quantitative estimate of drug-likeness (QED) is 0.0501. The monoisotopic (exact) mass is 653 g/mol. The molecule has 0 aliphatic carbocycles. The maximum Gasteiger partial charge on any atom is 0.301 e. The number of Topliss-reactive ketones (excluding diaryl/α,β-unsaturated/α-hetero) is 1. The molecule has 1 saturated heterocycles. The van der Waals surface area contributed by atoms with Crippen LogP contribution in [0.25, 0.3) is 5.76 Å². The maximum absolute atomic E-state index is 13.7. The largest absolute Gasteiger partial charge is 0.507 e. The zero-order valence-electron chi connectivity index (χ0n) is 24.6. The van der Waals surface area contributed by atoms with Crippen molar-refractivity contribution < 1.29 is 28.6 Å². The number of hydrogen-bond donors (Lipinski definition) is 1. The Balaban J connectivity index is 1.37. The number of para-hydroxylation sites is 1. The van der Waals surface area contributed by atoms with E-state index in [1.54, 1.807) is 60.7 Å². The lowest BCUT2D eigenvalue weighted by atomic mass is 9.95. The van der Waals surface area contributed by atoms with Crippen molar-refractivity contribution in [2.45, 2.75) is 29.5 Å². The SMILES string of the molecule is CCCOc1ccc(/C(O)=C2/C(=O)C(=O)N(c3nnc(SCc4ccc(F)cc4)s3)C2c2cccc(Oc3ccccc3)c2)cc1. The van der Waals surface area contributed by atoms with Crippen LogP contribution in [0.1, 0.15) is 36.1 Å². The van der Waals surface area contributed by atoms with Crippen LogP contribution in [0.15, 0.2) is 113 Å². The molecule has 1 aliphatic rings. The van der Waals surface area contributed by atoms with Crippen LogP contribution in [-0.4, -0.2) is 33.6 Å². The van der Waals surface area contributed by atoms with E-state index in [2.05, 4.69) is 10.2 Å². The van der Waals surface area contributed by atoms with Gasteiger partial charge in [-0.15, -0.1) is 10.2 Å². The molecule has 1 atom stereocenters. The Morgan fingerprint density at radius 1 is 0.913 bits per heavy atom. The van der Waals surface area contributed by atoms with Crippen LogP contribution < -0.4 is 14.4 Å². The van der Waals surface area contributed by atoms with E-state index < -0.39 is 17.7 Å². The number of nitrogens with zero attached hydrogens (tertiary/aromatic N) is 3. The number of halogens is 1.